The highest BCUT2D eigenvalue weighted by molar-refractivity contribution is 5.15. The fraction of sp³-hybridized carbons (Fsp3) is 0.471. The Morgan fingerprint density at radius 2 is 2.05 bits per heavy atom. The zero-order valence-electron chi connectivity index (χ0n) is 12.0. The van der Waals surface area contributed by atoms with Crippen molar-refractivity contribution in [2.24, 2.45) is 0 Å². The van der Waals surface area contributed by atoms with E-state index in [0.717, 1.165) is 12.5 Å². The van der Waals surface area contributed by atoms with E-state index < -0.39 is 0 Å². The molecule has 1 aromatic carbocycles. The van der Waals surface area contributed by atoms with E-state index in [0.29, 0.717) is 0 Å². The number of hydrogen-bond acceptors (Lipinski definition) is 2. The maximum Gasteiger partial charge on any atom is 0.0519 e. The van der Waals surface area contributed by atoms with Gasteiger partial charge in [0.1, 0.15) is 0 Å². The normalized spacial score (nSPS) is 19.5. The van der Waals surface area contributed by atoms with Crippen LogP contribution >= 0.6 is 0 Å². The molecule has 3 heteroatoms. The first-order valence-electron chi connectivity index (χ1n) is 7.67. The van der Waals surface area contributed by atoms with Crippen LogP contribution in [0.4, 0.5) is 0 Å². The predicted octanol–water partition coefficient (Wildman–Crippen LogP) is 3.05. The van der Waals surface area contributed by atoms with Crippen LogP contribution < -0.4 is 0 Å². The fourth-order valence-electron chi connectivity index (χ4n) is 3.18. The summed E-state index contributed by atoms with van der Waals surface area (Å²) in [7, 11) is 0. The van der Waals surface area contributed by atoms with Gasteiger partial charge in [0.05, 0.1) is 6.20 Å². The van der Waals surface area contributed by atoms with E-state index in [1.165, 1.54) is 49.9 Å². The monoisotopic (exact) mass is 269 g/mol. The number of nitrogens with one attached hydrogen (secondary N) is 1. The molecule has 0 saturated carbocycles. The largest absolute Gasteiger partial charge is 0.300 e. The van der Waals surface area contributed by atoms with Crippen LogP contribution in [-0.4, -0.2) is 34.2 Å². The van der Waals surface area contributed by atoms with Gasteiger partial charge in [0, 0.05) is 18.8 Å². The van der Waals surface area contributed by atoms with Gasteiger partial charge in [0.25, 0.3) is 0 Å². The molecular weight excluding hydrogens is 246 g/mol. The molecule has 2 heterocycles. The molecule has 20 heavy (non-hydrogen) atoms. The third kappa shape index (κ3) is 3.48. The Morgan fingerprint density at radius 3 is 2.85 bits per heavy atom. The number of likely N-dealkylation sites (tertiary alicyclic amines) is 1. The molecule has 2 aromatic rings. The molecule has 1 N–H and O–H groups in total. The number of hydrogen-bond donors (Lipinski definition) is 1. The Labute approximate surface area is 121 Å². The summed E-state index contributed by atoms with van der Waals surface area (Å²) in [6, 6.07) is 11.6. The van der Waals surface area contributed by atoms with E-state index in [1.807, 2.05) is 12.4 Å². The van der Waals surface area contributed by atoms with Crippen LogP contribution in [0, 0.1) is 0 Å². The average molecular weight is 269 g/mol. The van der Waals surface area contributed by atoms with E-state index in [9.17, 15) is 0 Å². The van der Waals surface area contributed by atoms with Gasteiger partial charge >= 0.3 is 0 Å². The zero-order valence-corrected chi connectivity index (χ0v) is 12.0. The van der Waals surface area contributed by atoms with Crippen molar-refractivity contribution in [2.45, 2.75) is 38.1 Å². The molecule has 0 amide bonds. The maximum atomic E-state index is 4.02. The SMILES string of the molecule is c1ccc(CCC2CCCN2CCc2cn[nH]c2)cc1. The Kier molecular flexibility index (Phi) is 4.49. The van der Waals surface area contributed by atoms with Gasteiger partial charge in [0.15, 0.2) is 0 Å². The van der Waals surface area contributed by atoms with Crippen molar-refractivity contribution in [3.05, 3.63) is 53.9 Å². The second kappa shape index (κ2) is 6.71. The van der Waals surface area contributed by atoms with Gasteiger partial charge in [0.2, 0.25) is 0 Å². The Hall–Kier alpha value is -1.61. The molecule has 1 unspecified atom stereocenters. The van der Waals surface area contributed by atoms with Gasteiger partial charge < -0.3 is 4.90 Å². The fourth-order valence-corrected chi connectivity index (χ4v) is 3.18. The van der Waals surface area contributed by atoms with Gasteiger partial charge in [-0.25, -0.2) is 0 Å². The van der Waals surface area contributed by atoms with Crippen LogP contribution in [0.3, 0.4) is 0 Å². The van der Waals surface area contributed by atoms with Gasteiger partial charge in [-0.3, -0.25) is 5.10 Å². The summed E-state index contributed by atoms with van der Waals surface area (Å²) in [5.41, 5.74) is 2.79. The minimum Gasteiger partial charge on any atom is -0.300 e. The van der Waals surface area contributed by atoms with Crippen molar-refractivity contribution in [1.29, 1.82) is 0 Å². The number of aryl methyl sites for hydroxylation is 1. The first kappa shape index (κ1) is 13.4. The van der Waals surface area contributed by atoms with Crippen molar-refractivity contribution in [2.75, 3.05) is 13.1 Å². The highest BCUT2D eigenvalue weighted by Crippen LogP contribution is 2.22. The first-order valence-corrected chi connectivity index (χ1v) is 7.67. The Balaban J connectivity index is 1.48. The van der Waals surface area contributed by atoms with Crippen molar-refractivity contribution in [3.63, 3.8) is 0 Å². The molecule has 1 aliphatic heterocycles. The zero-order chi connectivity index (χ0) is 13.6. The molecule has 1 saturated heterocycles. The summed E-state index contributed by atoms with van der Waals surface area (Å²) in [5.74, 6) is 0. The average Bonchev–Trinajstić information content (AvgIpc) is 3.15. The van der Waals surface area contributed by atoms with Crippen LogP contribution in [0.1, 0.15) is 30.4 Å². The molecule has 0 radical (unpaired) electrons. The molecule has 3 nitrogen and oxygen atoms in total. The third-order valence-electron chi connectivity index (χ3n) is 4.35. The molecule has 106 valence electrons. The van der Waals surface area contributed by atoms with Gasteiger partial charge in [-0.1, -0.05) is 30.3 Å². The second-order valence-electron chi connectivity index (χ2n) is 5.71. The molecule has 1 aliphatic rings. The molecule has 0 spiro atoms. The van der Waals surface area contributed by atoms with Crippen LogP contribution in [0.2, 0.25) is 0 Å². The van der Waals surface area contributed by atoms with Crippen molar-refractivity contribution < 1.29 is 0 Å². The summed E-state index contributed by atoms with van der Waals surface area (Å²) in [6.45, 7) is 2.43. The lowest BCUT2D eigenvalue weighted by Gasteiger charge is -2.24. The lowest BCUT2D eigenvalue weighted by molar-refractivity contribution is 0.246. The summed E-state index contributed by atoms with van der Waals surface area (Å²) < 4.78 is 0. The summed E-state index contributed by atoms with van der Waals surface area (Å²) >= 11 is 0. The number of nitrogens with zero attached hydrogens (tertiary/aromatic N) is 2. The summed E-state index contributed by atoms with van der Waals surface area (Å²) in [6.07, 6.45) is 10.3. The Bertz CT molecular complexity index is 492. The van der Waals surface area contributed by atoms with E-state index in [1.54, 1.807) is 0 Å². The number of H-pyrrole nitrogens is 1. The molecule has 1 atom stereocenters. The first-order chi connectivity index (χ1) is 9.92. The van der Waals surface area contributed by atoms with Crippen LogP contribution in [0.15, 0.2) is 42.7 Å². The lowest BCUT2D eigenvalue weighted by Crippen LogP contribution is -2.31. The van der Waals surface area contributed by atoms with Crippen molar-refractivity contribution >= 4 is 0 Å². The minimum atomic E-state index is 0.766. The van der Waals surface area contributed by atoms with Crippen molar-refractivity contribution in [3.8, 4) is 0 Å². The standard InChI is InChI=1S/C17H23N3/c1-2-5-15(6-3-1)8-9-17-7-4-11-20(17)12-10-16-13-18-19-14-16/h1-3,5-6,13-14,17H,4,7-12H2,(H,18,19). The van der Waals surface area contributed by atoms with Crippen LogP contribution in [0.25, 0.3) is 0 Å². The van der Waals surface area contributed by atoms with E-state index >= 15 is 0 Å². The number of benzene rings is 1. The van der Waals surface area contributed by atoms with E-state index in [4.69, 9.17) is 0 Å². The van der Waals surface area contributed by atoms with Crippen LogP contribution in [0.5, 0.6) is 0 Å². The lowest BCUT2D eigenvalue weighted by atomic mass is 10.0. The third-order valence-corrected chi connectivity index (χ3v) is 4.35. The molecule has 0 bridgehead atoms. The predicted molar refractivity (Wildman–Crippen MR) is 81.6 cm³/mol. The molecule has 3 rings (SSSR count). The number of rotatable bonds is 6. The number of aromatic nitrogens is 2. The molecular formula is C17H23N3. The van der Waals surface area contributed by atoms with Gasteiger partial charge in [-0.2, -0.15) is 5.10 Å². The second-order valence-corrected chi connectivity index (χ2v) is 5.71. The topological polar surface area (TPSA) is 31.9 Å². The highest BCUT2D eigenvalue weighted by Gasteiger charge is 2.23. The molecule has 1 aromatic heterocycles. The summed E-state index contributed by atoms with van der Waals surface area (Å²) in [5, 5.41) is 6.91. The Morgan fingerprint density at radius 1 is 1.15 bits per heavy atom. The molecule has 1 fully saturated rings. The van der Waals surface area contributed by atoms with E-state index in [-0.39, 0.29) is 0 Å². The van der Waals surface area contributed by atoms with Gasteiger partial charge in [-0.05, 0) is 49.8 Å². The van der Waals surface area contributed by atoms with Crippen molar-refractivity contribution in [1.82, 2.24) is 15.1 Å². The van der Waals surface area contributed by atoms with Crippen LogP contribution in [-0.2, 0) is 12.8 Å². The van der Waals surface area contributed by atoms with Gasteiger partial charge in [-0.15, -0.1) is 0 Å². The van der Waals surface area contributed by atoms with E-state index in [2.05, 4.69) is 45.4 Å². The maximum absolute atomic E-state index is 4.02. The highest BCUT2D eigenvalue weighted by atomic mass is 15.2. The summed E-state index contributed by atoms with van der Waals surface area (Å²) in [4.78, 5) is 2.66. The molecule has 0 aliphatic carbocycles. The smallest absolute Gasteiger partial charge is 0.0519 e. The quantitative estimate of drug-likeness (QED) is 0.874. The number of aromatic amines is 1. The minimum absolute atomic E-state index is 0.766.